The number of likely N-dealkylation sites (tertiary alicyclic amines) is 1. The number of aromatic amines is 1. The Hall–Kier alpha value is -2.39. The van der Waals surface area contributed by atoms with E-state index in [0.717, 1.165) is 42.0 Å². The lowest BCUT2D eigenvalue weighted by Crippen LogP contribution is -2.34. The zero-order valence-electron chi connectivity index (χ0n) is 15.4. The summed E-state index contributed by atoms with van der Waals surface area (Å²) in [6.45, 7) is 5.20. The van der Waals surface area contributed by atoms with E-state index in [1.54, 1.807) is 0 Å². The predicted molar refractivity (Wildman–Crippen MR) is 107 cm³/mol. The average Bonchev–Trinajstić information content (AvgIpc) is 2.67. The van der Waals surface area contributed by atoms with Crippen LogP contribution in [0.4, 0.5) is 0 Å². The van der Waals surface area contributed by atoms with E-state index in [1.165, 1.54) is 30.4 Å². The number of aryl methyl sites for hydroxylation is 1. The molecule has 0 atom stereocenters. The molecule has 0 aliphatic carbocycles. The maximum absolute atomic E-state index is 12.2. The van der Waals surface area contributed by atoms with Gasteiger partial charge in [-0.2, -0.15) is 0 Å². The summed E-state index contributed by atoms with van der Waals surface area (Å²) in [6, 6.07) is 18.8. The first-order valence-electron chi connectivity index (χ1n) is 9.57. The third kappa shape index (κ3) is 3.58. The van der Waals surface area contributed by atoms with Gasteiger partial charge in [0.25, 0.3) is 5.56 Å². The molecule has 134 valence electrons. The Morgan fingerprint density at radius 2 is 1.62 bits per heavy atom. The zero-order valence-corrected chi connectivity index (χ0v) is 15.4. The van der Waals surface area contributed by atoms with Crippen LogP contribution in [0.2, 0.25) is 0 Å². The SMILES string of the molecule is Cc1[nH]c(=O)c2ccccc2c1CN1CCC(Cc2ccccc2)CC1. The molecule has 1 aliphatic rings. The number of hydrogen-bond donors (Lipinski definition) is 1. The van der Waals surface area contributed by atoms with E-state index < -0.39 is 0 Å². The quantitative estimate of drug-likeness (QED) is 0.765. The molecule has 3 nitrogen and oxygen atoms in total. The van der Waals surface area contributed by atoms with Gasteiger partial charge in [0.1, 0.15) is 0 Å². The Balaban J connectivity index is 1.45. The number of piperidine rings is 1. The topological polar surface area (TPSA) is 36.1 Å². The summed E-state index contributed by atoms with van der Waals surface area (Å²) in [5, 5.41) is 1.90. The molecule has 1 aromatic heterocycles. The van der Waals surface area contributed by atoms with Crippen molar-refractivity contribution in [3.8, 4) is 0 Å². The fourth-order valence-corrected chi connectivity index (χ4v) is 4.18. The molecule has 4 rings (SSSR count). The summed E-state index contributed by atoms with van der Waals surface area (Å²) >= 11 is 0. The van der Waals surface area contributed by atoms with Crippen molar-refractivity contribution in [3.63, 3.8) is 0 Å². The second-order valence-electron chi connectivity index (χ2n) is 7.51. The monoisotopic (exact) mass is 346 g/mol. The van der Waals surface area contributed by atoms with E-state index in [0.29, 0.717) is 0 Å². The summed E-state index contributed by atoms with van der Waals surface area (Å²) < 4.78 is 0. The number of aromatic nitrogens is 1. The summed E-state index contributed by atoms with van der Waals surface area (Å²) in [6.07, 6.45) is 3.68. The first kappa shape index (κ1) is 17.0. The predicted octanol–water partition coefficient (Wildman–Crippen LogP) is 4.29. The largest absolute Gasteiger partial charge is 0.326 e. The molecule has 2 heterocycles. The molecule has 1 aliphatic heterocycles. The first-order chi connectivity index (χ1) is 12.7. The molecule has 0 radical (unpaired) electrons. The second-order valence-corrected chi connectivity index (χ2v) is 7.51. The van der Waals surface area contributed by atoms with Gasteiger partial charge in [0.15, 0.2) is 0 Å². The lowest BCUT2D eigenvalue weighted by Gasteiger charge is -2.32. The van der Waals surface area contributed by atoms with Crippen molar-refractivity contribution in [2.75, 3.05) is 13.1 Å². The van der Waals surface area contributed by atoms with Crippen molar-refractivity contribution in [1.82, 2.24) is 9.88 Å². The number of H-pyrrole nitrogens is 1. The fraction of sp³-hybridized carbons (Fsp3) is 0.348. The molecular weight excluding hydrogens is 320 g/mol. The highest BCUT2D eigenvalue weighted by Crippen LogP contribution is 2.25. The van der Waals surface area contributed by atoms with Gasteiger partial charge in [0.05, 0.1) is 0 Å². The van der Waals surface area contributed by atoms with Crippen molar-refractivity contribution in [2.24, 2.45) is 5.92 Å². The van der Waals surface area contributed by atoms with Gasteiger partial charge in [-0.1, -0.05) is 48.5 Å². The van der Waals surface area contributed by atoms with Crippen LogP contribution in [0.25, 0.3) is 10.8 Å². The van der Waals surface area contributed by atoms with Gasteiger partial charge in [0.2, 0.25) is 0 Å². The molecule has 0 bridgehead atoms. The van der Waals surface area contributed by atoms with Crippen LogP contribution in [0.15, 0.2) is 59.4 Å². The molecular formula is C23H26N2O. The van der Waals surface area contributed by atoms with E-state index in [1.807, 2.05) is 25.1 Å². The molecule has 0 amide bonds. The van der Waals surface area contributed by atoms with Crippen molar-refractivity contribution in [1.29, 1.82) is 0 Å². The van der Waals surface area contributed by atoms with Crippen molar-refractivity contribution < 1.29 is 0 Å². The Morgan fingerprint density at radius 3 is 2.35 bits per heavy atom. The molecule has 1 saturated heterocycles. The Labute approximate surface area is 154 Å². The molecule has 3 aromatic rings. The van der Waals surface area contributed by atoms with Gasteiger partial charge < -0.3 is 4.98 Å². The van der Waals surface area contributed by atoms with Crippen LogP contribution < -0.4 is 5.56 Å². The van der Waals surface area contributed by atoms with Crippen LogP contribution >= 0.6 is 0 Å². The molecule has 1 fully saturated rings. The van der Waals surface area contributed by atoms with Crippen LogP contribution in [0.3, 0.4) is 0 Å². The average molecular weight is 346 g/mol. The number of nitrogens with zero attached hydrogens (tertiary/aromatic N) is 1. The van der Waals surface area contributed by atoms with E-state index >= 15 is 0 Å². The van der Waals surface area contributed by atoms with E-state index in [9.17, 15) is 4.79 Å². The van der Waals surface area contributed by atoms with Crippen molar-refractivity contribution in [3.05, 3.63) is 81.8 Å². The number of pyridine rings is 1. The van der Waals surface area contributed by atoms with Gasteiger partial charge in [-0.25, -0.2) is 0 Å². The maximum Gasteiger partial charge on any atom is 0.256 e. The van der Waals surface area contributed by atoms with E-state index in [-0.39, 0.29) is 5.56 Å². The minimum absolute atomic E-state index is 0.0171. The minimum atomic E-state index is 0.0171. The molecule has 1 N–H and O–H groups in total. The standard InChI is InChI=1S/C23H26N2O/c1-17-22(20-9-5-6-10-21(20)23(26)24-17)16-25-13-11-19(12-14-25)15-18-7-3-2-4-8-18/h2-10,19H,11-16H2,1H3,(H,24,26). The molecule has 2 aromatic carbocycles. The van der Waals surface area contributed by atoms with Gasteiger partial charge in [-0.15, -0.1) is 0 Å². The Morgan fingerprint density at radius 1 is 0.962 bits per heavy atom. The van der Waals surface area contributed by atoms with Gasteiger partial charge in [-0.3, -0.25) is 9.69 Å². The van der Waals surface area contributed by atoms with Crippen LogP contribution in [-0.2, 0) is 13.0 Å². The first-order valence-corrected chi connectivity index (χ1v) is 9.57. The van der Waals surface area contributed by atoms with Crippen molar-refractivity contribution in [2.45, 2.75) is 32.7 Å². The zero-order chi connectivity index (χ0) is 17.9. The summed E-state index contributed by atoms with van der Waals surface area (Å²) in [4.78, 5) is 17.8. The van der Waals surface area contributed by atoms with Crippen LogP contribution in [0, 0.1) is 12.8 Å². The minimum Gasteiger partial charge on any atom is -0.326 e. The van der Waals surface area contributed by atoms with Gasteiger partial charge in [0, 0.05) is 17.6 Å². The summed E-state index contributed by atoms with van der Waals surface area (Å²) in [5.74, 6) is 0.780. The Kier molecular flexibility index (Phi) is 4.89. The normalized spacial score (nSPS) is 16.2. The smallest absolute Gasteiger partial charge is 0.256 e. The summed E-state index contributed by atoms with van der Waals surface area (Å²) in [7, 11) is 0. The third-order valence-corrected chi connectivity index (χ3v) is 5.71. The highest BCUT2D eigenvalue weighted by molar-refractivity contribution is 5.85. The molecule has 26 heavy (non-hydrogen) atoms. The lowest BCUT2D eigenvalue weighted by atomic mass is 9.90. The third-order valence-electron chi connectivity index (χ3n) is 5.71. The number of rotatable bonds is 4. The number of hydrogen-bond acceptors (Lipinski definition) is 2. The van der Waals surface area contributed by atoms with E-state index in [2.05, 4.69) is 46.3 Å². The van der Waals surface area contributed by atoms with E-state index in [4.69, 9.17) is 0 Å². The fourth-order valence-electron chi connectivity index (χ4n) is 4.18. The van der Waals surface area contributed by atoms with Gasteiger partial charge in [-0.05, 0) is 67.8 Å². The maximum atomic E-state index is 12.2. The Bertz CT molecular complexity index is 937. The van der Waals surface area contributed by atoms with Gasteiger partial charge >= 0.3 is 0 Å². The molecule has 0 spiro atoms. The molecule has 0 saturated carbocycles. The van der Waals surface area contributed by atoms with Crippen molar-refractivity contribution >= 4 is 10.8 Å². The number of benzene rings is 2. The highest BCUT2D eigenvalue weighted by Gasteiger charge is 2.21. The van der Waals surface area contributed by atoms with Crippen LogP contribution in [0.1, 0.15) is 29.7 Å². The lowest BCUT2D eigenvalue weighted by molar-refractivity contribution is 0.177. The number of fused-ring (bicyclic) bond motifs is 1. The van der Waals surface area contributed by atoms with Crippen LogP contribution in [-0.4, -0.2) is 23.0 Å². The summed E-state index contributed by atoms with van der Waals surface area (Å²) in [5.41, 5.74) is 3.73. The molecule has 0 unspecified atom stereocenters. The molecule has 3 heteroatoms. The second kappa shape index (κ2) is 7.46. The van der Waals surface area contributed by atoms with Crippen LogP contribution in [0.5, 0.6) is 0 Å². The number of nitrogens with one attached hydrogen (secondary N) is 1. The highest BCUT2D eigenvalue weighted by atomic mass is 16.1.